The molecule has 8 nitrogen and oxygen atoms in total. The third kappa shape index (κ3) is 10.5. The van der Waals surface area contributed by atoms with Crippen LogP contribution < -0.4 is 0 Å². The van der Waals surface area contributed by atoms with E-state index in [4.69, 9.17) is 9.72 Å². The predicted octanol–water partition coefficient (Wildman–Crippen LogP) is 6.25. The Morgan fingerprint density at radius 2 is 1.26 bits per heavy atom. The van der Waals surface area contributed by atoms with Gasteiger partial charge in [-0.1, -0.05) is 30.3 Å². The smallest absolute Gasteiger partial charge is 0.410 e. The minimum absolute atomic E-state index is 0.274. The highest BCUT2D eigenvalue weighted by Crippen LogP contribution is 2.17. The van der Waals surface area contributed by atoms with Crippen LogP contribution >= 0.6 is 0 Å². The second kappa shape index (κ2) is 15.3. The van der Waals surface area contributed by atoms with Crippen LogP contribution in [0.4, 0.5) is 4.79 Å². The lowest BCUT2D eigenvalue weighted by Crippen LogP contribution is -2.39. The van der Waals surface area contributed by atoms with Crippen LogP contribution in [0, 0.1) is 22.7 Å². The van der Waals surface area contributed by atoms with Crippen LogP contribution in [0.1, 0.15) is 73.7 Å². The average molecular weight is 579 g/mol. The number of amides is 1. The van der Waals surface area contributed by atoms with Crippen molar-refractivity contribution in [3.8, 4) is 12.1 Å². The first-order chi connectivity index (χ1) is 20.7. The Morgan fingerprint density at radius 1 is 0.767 bits per heavy atom. The molecule has 0 N–H and O–H groups in total. The van der Waals surface area contributed by atoms with Crippen LogP contribution in [-0.2, 0) is 30.9 Å². The number of nitrogens with zero attached hydrogens (tertiary/aromatic N) is 6. The lowest BCUT2D eigenvalue weighted by Gasteiger charge is -2.29. The molecule has 1 amide bonds. The Bertz CT molecular complexity index is 1450. The summed E-state index contributed by atoms with van der Waals surface area (Å²) in [7, 11) is 0. The first-order valence-electron chi connectivity index (χ1n) is 15.1. The summed E-state index contributed by atoms with van der Waals surface area (Å²) < 4.78 is 5.76. The van der Waals surface area contributed by atoms with E-state index in [9.17, 15) is 15.3 Å². The number of carbonyl (C=O) groups excluding carboxylic acids is 1. The third-order valence-corrected chi connectivity index (χ3v) is 7.27. The zero-order chi connectivity index (χ0) is 30.7. The number of pyridine rings is 1. The molecule has 1 aromatic heterocycles. The summed E-state index contributed by atoms with van der Waals surface area (Å²) in [4.78, 5) is 24.7. The first-order valence-corrected chi connectivity index (χ1v) is 15.1. The maximum absolute atomic E-state index is 13.2. The largest absolute Gasteiger partial charge is 0.444 e. The molecule has 0 atom stereocenters. The van der Waals surface area contributed by atoms with Crippen LogP contribution in [-0.4, -0.2) is 57.6 Å². The van der Waals surface area contributed by atoms with Gasteiger partial charge < -0.3 is 9.64 Å². The second-order valence-electron chi connectivity index (χ2n) is 12.2. The summed E-state index contributed by atoms with van der Waals surface area (Å²) >= 11 is 0. The van der Waals surface area contributed by atoms with Gasteiger partial charge in [0.2, 0.25) is 0 Å². The first kappa shape index (κ1) is 31.7. The molecule has 1 aliphatic heterocycles. The number of hydrogen-bond donors (Lipinski definition) is 0. The molecule has 0 unspecified atom stereocenters. The summed E-state index contributed by atoms with van der Waals surface area (Å²) in [6.45, 7) is 11.3. The van der Waals surface area contributed by atoms with Gasteiger partial charge in [-0.3, -0.25) is 14.8 Å². The zero-order valence-corrected chi connectivity index (χ0v) is 25.6. The molecular weight excluding hydrogens is 536 g/mol. The molecule has 8 heteroatoms. The van der Waals surface area contributed by atoms with Crippen LogP contribution in [0.3, 0.4) is 0 Å². The number of benzene rings is 2. The van der Waals surface area contributed by atoms with Gasteiger partial charge in [0.05, 0.1) is 34.7 Å². The van der Waals surface area contributed by atoms with E-state index in [0.29, 0.717) is 50.4 Å². The van der Waals surface area contributed by atoms with Crippen molar-refractivity contribution in [1.82, 2.24) is 19.7 Å². The number of carbonyl (C=O) groups is 1. The molecule has 0 saturated heterocycles. The van der Waals surface area contributed by atoms with E-state index in [0.717, 1.165) is 54.9 Å². The summed E-state index contributed by atoms with van der Waals surface area (Å²) in [5, 5.41) is 18.8. The molecule has 2 aromatic carbocycles. The summed E-state index contributed by atoms with van der Waals surface area (Å²) in [5.41, 5.74) is 4.90. The lowest BCUT2D eigenvalue weighted by molar-refractivity contribution is 0.0237. The maximum atomic E-state index is 13.2. The van der Waals surface area contributed by atoms with Gasteiger partial charge in [-0.2, -0.15) is 10.5 Å². The molecule has 224 valence electrons. The van der Waals surface area contributed by atoms with E-state index in [2.05, 4.69) is 46.2 Å². The summed E-state index contributed by atoms with van der Waals surface area (Å²) in [6.07, 6.45) is 2.28. The van der Waals surface area contributed by atoms with Crippen LogP contribution in [0.25, 0.3) is 0 Å². The van der Waals surface area contributed by atoms with Crippen molar-refractivity contribution in [3.05, 3.63) is 100 Å². The molecule has 0 spiro atoms. The van der Waals surface area contributed by atoms with Gasteiger partial charge in [0.1, 0.15) is 5.60 Å². The van der Waals surface area contributed by atoms with Crippen LogP contribution in [0.5, 0.6) is 0 Å². The van der Waals surface area contributed by atoms with E-state index in [1.807, 2.05) is 68.1 Å². The van der Waals surface area contributed by atoms with E-state index < -0.39 is 5.60 Å². The number of fused-ring (bicyclic) bond motifs is 2. The summed E-state index contributed by atoms with van der Waals surface area (Å²) in [5.74, 6) is 0. The van der Waals surface area contributed by atoms with E-state index in [1.165, 1.54) is 0 Å². The molecule has 4 rings (SSSR count). The number of ether oxygens (including phenoxy) is 1. The van der Waals surface area contributed by atoms with Crippen LogP contribution in [0.2, 0.25) is 0 Å². The van der Waals surface area contributed by atoms with Gasteiger partial charge in [0.15, 0.2) is 0 Å². The van der Waals surface area contributed by atoms with Crippen LogP contribution in [0.15, 0.2) is 66.7 Å². The molecule has 43 heavy (non-hydrogen) atoms. The molecule has 1 aliphatic rings. The second-order valence-corrected chi connectivity index (χ2v) is 12.2. The zero-order valence-electron chi connectivity index (χ0n) is 25.6. The van der Waals surface area contributed by atoms with Gasteiger partial charge in [0, 0.05) is 45.8 Å². The Hall–Kier alpha value is -4.24. The molecule has 0 aliphatic carbocycles. The molecule has 0 radical (unpaired) electrons. The molecule has 0 fully saturated rings. The van der Waals surface area contributed by atoms with Gasteiger partial charge >= 0.3 is 6.09 Å². The monoisotopic (exact) mass is 578 g/mol. The molecule has 2 heterocycles. The lowest BCUT2D eigenvalue weighted by atomic mass is 10.1. The maximum Gasteiger partial charge on any atom is 0.410 e. The highest BCUT2D eigenvalue weighted by atomic mass is 16.6. The quantitative estimate of drug-likeness (QED) is 0.361. The standard InChI is InChI=1S/C35H42N6O2/c1-35(2,3)43-34(42)41-18-5-4-16-39(24-30-12-6-10-28(20-30)22-36)26-32-14-8-15-33(38-32)27-40(17-9-19-41)25-31-13-7-11-29(21-31)23-37/h6-8,10-15,20-21H,4-5,9,16-19,24-27H2,1-3H3. The fourth-order valence-electron chi connectivity index (χ4n) is 5.33. The Labute approximate surface area is 256 Å². The van der Waals surface area contributed by atoms with Gasteiger partial charge in [-0.05, 0) is 94.1 Å². The van der Waals surface area contributed by atoms with Crippen molar-refractivity contribution in [2.45, 2.75) is 71.8 Å². The Morgan fingerprint density at radius 3 is 1.79 bits per heavy atom. The SMILES string of the molecule is CC(C)(C)OC(=O)N1CCCCN(Cc2cccc(C#N)c2)Cc2cccc(n2)CN(Cc2cccc(C#N)c2)CCC1. The molecule has 2 bridgehead atoms. The topological polar surface area (TPSA) is 96.5 Å². The van der Waals surface area contributed by atoms with E-state index in [1.54, 1.807) is 0 Å². The Balaban J connectivity index is 1.58. The van der Waals surface area contributed by atoms with Gasteiger partial charge in [-0.25, -0.2) is 4.79 Å². The van der Waals surface area contributed by atoms with Crippen molar-refractivity contribution in [3.63, 3.8) is 0 Å². The van der Waals surface area contributed by atoms with Crippen molar-refractivity contribution in [2.75, 3.05) is 26.2 Å². The van der Waals surface area contributed by atoms with Crippen molar-refractivity contribution < 1.29 is 9.53 Å². The minimum atomic E-state index is -0.559. The average Bonchev–Trinajstić information content (AvgIpc) is 2.97. The van der Waals surface area contributed by atoms with Gasteiger partial charge in [0.25, 0.3) is 0 Å². The third-order valence-electron chi connectivity index (χ3n) is 7.27. The molecular formula is C35H42N6O2. The summed E-state index contributed by atoms with van der Waals surface area (Å²) in [6, 6.07) is 26.2. The predicted molar refractivity (Wildman–Crippen MR) is 166 cm³/mol. The Kier molecular flexibility index (Phi) is 11.3. The van der Waals surface area contributed by atoms with E-state index in [-0.39, 0.29) is 6.09 Å². The fourth-order valence-corrected chi connectivity index (χ4v) is 5.33. The normalized spacial score (nSPS) is 15.9. The van der Waals surface area contributed by atoms with Crippen molar-refractivity contribution in [2.24, 2.45) is 0 Å². The number of nitriles is 2. The van der Waals surface area contributed by atoms with E-state index >= 15 is 0 Å². The number of aromatic nitrogens is 1. The van der Waals surface area contributed by atoms with Crippen molar-refractivity contribution >= 4 is 6.09 Å². The highest BCUT2D eigenvalue weighted by molar-refractivity contribution is 5.68. The molecule has 3 aromatic rings. The fraction of sp³-hybridized carbons (Fsp3) is 0.429. The minimum Gasteiger partial charge on any atom is -0.444 e. The molecule has 0 saturated carbocycles. The highest BCUT2D eigenvalue weighted by Gasteiger charge is 2.22. The number of hydrogen-bond acceptors (Lipinski definition) is 7. The number of rotatable bonds is 4. The van der Waals surface area contributed by atoms with Crippen molar-refractivity contribution in [1.29, 1.82) is 10.5 Å². The van der Waals surface area contributed by atoms with Gasteiger partial charge in [-0.15, -0.1) is 0 Å².